The Morgan fingerprint density at radius 2 is 1.56 bits per heavy atom. The summed E-state index contributed by atoms with van der Waals surface area (Å²) in [7, 11) is 2.94. The molecule has 0 radical (unpaired) electrons. The molecule has 1 saturated carbocycles. The summed E-state index contributed by atoms with van der Waals surface area (Å²) in [5.74, 6) is -8.29. The highest BCUT2D eigenvalue weighted by Gasteiger charge is 2.53. The molecule has 0 unspecified atom stereocenters. The lowest BCUT2D eigenvalue weighted by molar-refractivity contribution is -0.265. The van der Waals surface area contributed by atoms with Crippen molar-refractivity contribution in [1.29, 1.82) is 0 Å². The largest absolute Gasteiger partial charge is 0.460 e. The van der Waals surface area contributed by atoms with E-state index in [1.807, 2.05) is 51.2 Å². The van der Waals surface area contributed by atoms with Crippen molar-refractivity contribution in [2.24, 2.45) is 35.5 Å². The van der Waals surface area contributed by atoms with Crippen molar-refractivity contribution in [3.8, 4) is 0 Å². The van der Waals surface area contributed by atoms with Crippen LogP contribution in [0.3, 0.4) is 0 Å². The average molecular weight is 900 g/mol. The lowest BCUT2D eigenvalue weighted by Crippen LogP contribution is -2.61. The van der Waals surface area contributed by atoms with Crippen molar-refractivity contribution in [3.63, 3.8) is 0 Å². The molecule has 0 aromatic heterocycles. The molecular formula is C50H77NO13. The lowest BCUT2D eigenvalue weighted by atomic mass is 9.78. The Hall–Kier alpha value is -3.37. The highest BCUT2D eigenvalue weighted by atomic mass is 16.6. The van der Waals surface area contributed by atoms with Gasteiger partial charge in [0.2, 0.25) is 5.79 Å². The van der Waals surface area contributed by atoms with Crippen molar-refractivity contribution < 1.29 is 63.3 Å². The van der Waals surface area contributed by atoms with Crippen LogP contribution in [0.2, 0.25) is 0 Å². The van der Waals surface area contributed by atoms with E-state index in [1.54, 1.807) is 40.9 Å². The van der Waals surface area contributed by atoms with Gasteiger partial charge in [0.15, 0.2) is 5.78 Å². The van der Waals surface area contributed by atoms with E-state index in [9.17, 15) is 44.4 Å². The Kier molecular flexibility index (Phi) is 20.3. The number of methoxy groups -OCH3 is 2. The molecule has 3 fully saturated rings. The van der Waals surface area contributed by atoms with Crippen LogP contribution in [-0.4, -0.2) is 130 Å². The molecule has 360 valence electrons. The summed E-state index contributed by atoms with van der Waals surface area (Å²) in [6.07, 6.45) is 9.61. The molecule has 3 aliphatic heterocycles. The number of rotatable bonds is 5. The molecule has 15 atom stereocenters. The Balaban J connectivity index is 1.70. The Labute approximate surface area is 380 Å². The molecular weight excluding hydrogens is 823 g/mol. The van der Waals surface area contributed by atoms with Gasteiger partial charge in [0, 0.05) is 51.4 Å². The van der Waals surface area contributed by atoms with Gasteiger partial charge in [-0.3, -0.25) is 19.2 Å². The highest BCUT2D eigenvalue weighted by molar-refractivity contribution is 6.39. The Morgan fingerprint density at radius 3 is 2.23 bits per heavy atom. The first-order chi connectivity index (χ1) is 30.2. The average Bonchev–Trinajstić information content (AvgIpc) is 3.26. The van der Waals surface area contributed by atoms with Crippen LogP contribution in [0.5, 0.6) is 0 Å². The van der Waals surface area contributed by atoms with Crippen molar-refractivity contribution >= 4 is 29.2 Å². The summed E-state index contributed by atoms with van der Waals surface area (Å²) < 4.78 is 23.7. The SMILES string of the molecule is CO[C@H]1C[C@@H]2CC[C@@H](C)[C@@](O)(O2)C(=O)C(=O)N2CCCC[C@H]2C(=O)O[C@H]([C@H](C)C[C@@H]2CC[C@@H](O)[C@H](O)C2)CC(=O)[C@H](C)C=C(C)[C@@H](O)[C@@H](OC)C(=O)[C@H](C)C[C@H](C)C=CC=CC=C1C. The number of aliphatic hydroxyl groups excluding tert-OH is 3. The predicted octanol–water partition coefficient (Wildman–Crippen LogP) is 5.53. The molecule has 14 nitrogen and oxygen atoms in total. The van der Waals surface area contributed by atoms with Crippen molar-refractivity contribution in [2.75, 3.05) is 20.8 Å². The van der Waals surface area contributed by atoms with Crippen LogP contribution in [0.1, 0.15) is 126 Å². The standard InChI is InChI=1S/C50H77NO13/c1-29-15-11-10-12-16-30(2)42(61-8)27-37-20-18-35(7)50(60,64-37)47(57)48(58)51-22-14-13-17-38(51)49(59)63-43(32(4)25-36-19-21-39(52)41(54)26-36)28-40(53)31(3)24-34(6)45(56)46(62-9)44(55)33(5)23-29/h10-12,15-16,24,29,31-33,35-39,41-43,45-46,52,54,56,60H,13-14,17-23,25-28H2,1-9H3/t29-,31-,32-,33-,35-,36+,37+,38+,39-,41-,42+,43+,45-,46+,50-/m1/s1. The maximum Gasteiger partial charge on any atom is 0.329 e. The van der Waals surface area contributed by atoms with Gasteiger partial charge in [-0.1, -0.05) is 71.1 Å². The summed E-state index contributed by atoms with van der Waals surface area (Å²) in [5, 5.41) is 43.9. The molecule has 2 bridgehead atoms. The maximum absolute atomic E-state index is 14.3. The third-order valence-corrected chi connectivity index (χ3v) is 14.2. The molecule has 0 aromatic rings. The quantitative estimate of drug-likeness (QED) is 0.153. The summed E-state index contributed by atoms with van der Waals surface area (Å²) >= 11 is 0. The predicted molar refractivity (Wildman–Crippen MR) is 240 cm³/mol. The minimum Gasteiger partial charge on any atom is -0.460 e. The molecule has 4 N–H and O–H groups in total. The molecule has 3 heterocycles. The van der Waals surface area contributed by atoms with Gasteiger partial charge in [-0.2, -0.15) is 0 Å². The van der Waals surface area contributed by atoms with E-state index in [-0.39, 0.29) is 42.8 Å². The second-order valence-electron chi connectivity index (χ2n) is 19.4. The number of cyclic esters (lactones) is 1. The molecule has 4 aliphatic rings. The third-order valence-electron chi connectivity index (χ3n) is 14.2. The van der Waals surface area contributed by atoms with Crippen molar-refractivity contribution in [3.05, 3.63) is 47.6 Å². The second-order valence-corrected chi connectivity index (χ2v) is 19.4. The number of carbonyl (C=O) groups is 5. The maximum atomic E-state index is 14.3. The number of ketones is 3. The number of hydrogen-bond acceptors (Lipinski definition) is 13. The molecule has 14 heteroatoms. The van der Waals surface area contributed by atoms with Gasteiger partial charge in [0.25, 0.3) is 11.7 Å². The van der Waals surface area contributed by atoms with Gasteiger partial charge in [0.1, 0.15) is 30.1 Å². The van der Waals surface area contributed by atoms with Crippen LogP contribution in [0, 0.1) is 35.5 Å². The van der Waals surface area contributed by atoms with E-state index in [0.29, 0.717) is 69.8 Å². The fraction of sp³-hybridized carbons (Fsp3) is 0.740. The Morgan fingerprint density at radius 1 is 0.844 bits per heavy atom. The lowest BCUT2D eigenvalue weighted by Gasteiger charge is -2.42. The summed E-state index contributed by atoms with van der Waals surface area (Å²) in [5.41, 5.74) is 1.24. The molecule has 2 saturated heterocycles. The smallest absolute Gasteiger partial charge is 0.329 e. The summed E-state index contributed by atoms with van der Waals surface area (Å²) in [4.78, 5) is 71.5. The molecule has 0 aromatic carbocycles. The zero-order chi connectivity index (χ0) is 47.5. The van der Waals surface area contributed by atoms with Gasteiger partial charge < -0.3 is 44.3 Å². The minimum atomic E-state index is -2.44. The van der Waals surface area contributed by atoms with Crippen molar-refractivity contribution in [1.82, 2.24) is 4.90 Å². The third kappa shape index (κ3) is 13.8. The normalized spacial score (nSPS) is 38.2. The van der Waals surface area contributed by atoms with Gasteiger partial charge in [-0.15, -0.1) is 0 Å². The Bertz CT molecular complexity index is 1740. The number of hydrogen-bond donors (Lipinski definition) is 4. The second kappa shape index (κ2) is 24.4. The highest BCUT2D eigenvalue weighted by Crippen LogP contribution is 2.37. The molecule has 64 heavy (non-hydrogen) atoms. The fourth-order valence-corrected chi connectivity index (χ4v) is 9.88. The van der Waals surface area contributed by atoms with Gasteiger partial charge >= 0.3 is 5.97 Å². The number of Topliss-reactive ketones (excluding diaryl/α,β-unsaturated/α-hetero) is 3. The molecule has 4 rings (SSSR count). The zero-order valence-corrected chi connectivity index (χ0v) is 39.6. The topological polar surface area (TPSA) is 206 Å². The first-order valence-electron chi connectivity index (χ1n) is 23.5. The van der Waals surface area contributed by atoms with Gasteiger partial charge in [0.05, 0.1) is 24.4 Å². The number of piperidine rings is 1. The van der Waals surface area contributed by atoms with E-state index < -0.39 is 95.9 Å². The zero-order valence-electron chi connectivity index (χ0n) is 39.6. The van der Waals surface area contributed by atoms with Crippen LogP contribution >= 0.6 is 0 Å². The van der Waals surface area contributed by atoms with E-state index in [0.717, 1.165) is 5.57 Å². The van der Waals surface area contributed by atoms with E-state index in [4.69, 9.17) is 18.9 Å². The molecule has 1 amide bonds. The summed E-state index contributed by atoms with van der Waals surface area (Å²) in [6, 6.07) is -1.16. The van der Waals surface area contributed by atoms with Crippen LogP contribution in [-0.2, 0) is 42.9 Å². The number of allylic oxidation sites excluding steroid dienone is 6. The van der Waals surface area contributed by atoms with Crippen LogP contribution < -0.4 is 0 Å². The number of aliphatic hydroxyl groups is 4. The van der Waals surface area contributed by atoms with Crippen LogP contribution in [0.4, 0.5) is 0 Å². The van der Waals surface area contributed by atoms with E-state index >= 15 is 0 Å². The first kappa shape index (κ1) is 53.2. The molecule has 0 spiro atoms. The molecule has 1 aliphatic carbocycles. The number of fused-ring (bicyclic) bond motifs is 3. The monoisotopic (exact) mass is 900 g/mol. The number of ether oxygens (including phenoxy) is 4. The summed E-state index contributed by atoms with van der Waals surface area (Å²) in [6.45, 7) is 12.6. The minimum absolute atomic E-state index is 0.0134. The van der Waals surface area contributed by atoms with Crippen LogP contribution in [0.15, 0.2) is 47.6 Å². The fourth-order valence-electron chi connectivity index (χ4n) is 9.88. The first-order valence-corrected chi connectivity index (χ1v) is 23.5. The number of amides is 1. The van der Waals surface area contributed by atoms with Crippen molar-refractivity contribution in [2.45, 2.75) is 180 Å². The van der Waals surface area contributed by atoms with E-state index in [1.165, 1.54) is 12.0 Å². The van der Waals surface area contributed by atoms with Gasteiger partial charge in [-0.05, 0) is 107 Å². The van der Waals surface area contributed by atoms with E-state index in [2.05, 4.69) is 0 Å². The van der Waals surface area contributed by atoms with Gasteiger partial charge in [-0.25, -0.2) is 4.79 Å². The number of carbonyl (C=O) groups excluding carboxylic acids is 5. The van der Waals surface area contributed by atoms with Crippen LogP contribution in [0.25, 0.3) is 0 Å². The number of nitrogens with zero attached hydrogens (tertiary/aromatic N) is 1. The number of esters is 1.